The molecule has 0 aliphatic heterocycles. The Labute approximate surface area is 106 Å². The highest BCUT2D eigenvalue weighted by Gasteiger charge is 2.16. The standard InChI is InChI=1S/C11H18N4OS/c1-4-8(5-10(12)17)14-11(16)9-6-13-15(3)7(9)2/h6,8H,4-5H2,1-3H3,(H2,12,17)(H,14,16). The van der Waals surface area contributed by atoms with E-state index in [4.69, 9.17) is 18.0 Å². The molecule has 1 aromatic rings. The molecule has 0 radical (unpaired) electrons. The monoisotopic (exact) mass is 254 g/mol. The molecule has 1 amide bonds. The van der Waals surface area contributed by atoms with Crippen molar-refractivity contribution in [3.63, 3.8) is 0 Å². The van der Waals surface area contributed by atoms with Crippen LogP contribution in [0.4, 0.5) is 0 Å². The number of nitrogens with one attached hydrogen (secondary N) is 1. The fourth-order valence-electron chi connectivity index (χ4n) is 1.53. The summed E-state index contributed by atoms with van der Waals surface area (Å²) < 4.78 is 1.67. The predicted octanol–water partition coefficient (Wildman–Crippen LogP) is 0.913. The third-order valence-electron chi connectivity index (χ3n) is 2.76. The van der Waals surface area contributed by atoms with Crippen LogP contribution in [0.2, 0.25) is 0 Å². The molecular weight excluding hydrogens is 236 g/mol. The van der Waals surface area contributed by atoms with Crippen LogP contribution >= 0.6 is 12.2 Å². The Hall–Kier alpha value is -1.43. The second kappa shape index (κ2) is 5.77. The van der Waals surface area contributed by atoms with Crippen molar-refractivity contribution in [2.45, 2.75) is 32.7 Å². The molecule has 0 spiro atoms. The lowest BCUT2D eigenvalue weighted by Crippen LogP contribution is -2.37. The second-order valence-corrected chi connectivity index (χ2v) is 4.54. The third-order valence-corrected chi connectivity index (χ3v) is 2.92. The van der Waals surface area contributed by atoms with Gasteiger partial charge in [-0.15, -0.1) is 0 Å². The van der Waals surface area contributed by atoms with Crippen molar-refractivity contribution in [2.24, 2.45) is 12.8 Å². The minimum atomic E-state index is -0.126. The fourth-order valence-corrected chi connectivity index (χ4v) is 1.73. The smallest absolute Gasteiger partial charge is 0.254 e. The first-order chi connectivity index (χ1) is 7.95. The minimum Gasteiger partial charge on any atom is -0.393 e. The quantitative estimate of drug-likeness (QED) is 0.766. The molecule has 0 fully saturated rings. The fraction of sp³-hybridized carbons (Fsp3) is 0.545. The Morgan fingerprint density at radius 3 is 2.76 bits per heavy atom. The Morgan fingerprint density at radius 2 is 2.35 bits per heavy atom. The minimum absolute atomic E-state index is 0.0143. The van der Waals surface area contributed by atoms with E-state index in [1.165, 1.54) is 0 Å². The van der Waals surface area contributed by atoms with Gasteiger partial charge >= 0.3 is 0 Å². The molecular formula is C11H18N4OS. The number of aryl methyl sites for hydroxylation is 1. The van der Waals surface area contributed by atoms with Crippen LogP contribution in [0.15, 0.2) is 6.20 Å². The summed E-state index contributed by atoms with van der Waals surface area (Å²) in [6, 6.07) is -0.0143. The van der Waals surface area contributed by atoms with Crippen molar-refractivity contribution < 1.29 is 4.79 Å². The normalized spacial score (nSPS) is 12.2. The first kappa shape index (κ1) is 13.6. The van der Waals surface area contributed by atoms with Gasteiger partial charge in [0.15, 0.2) is 0 Å². The van der Waals surface area contributed by atoms with Gasteiger partial charge < -0.3 is 11.1 Å². The van der Waals surface area contributed by atoms with Crippen LogP contribution in [-0.4, -0.2) is 26.7 Å². The van der Waals surface area contributed by atoms with Gasteiger partial charge in [0, 0.05) is 25.2 Å². The van der Waals surface area contributed by atoms with Crippen molar-refractivity contribution in [3.8, 4) is 0 Å². The molecule has 0 aliphatic carbocycles. The first-order valence-electron chi connectivity index (χ1n) is 5.53. The molecule has 6 heteroatoms. The summed E-state index contributed by atoms with van der Waals surface area (Å²) in [6.45, 7) is 3.84. The molecule has 0 saturated carbocycles. The van der Waals surface area contributed by atoms with E-state index in [0.29, 0.717) is 17.0 Å². The Balaban J connectivity index is 2.71. The highest BCUT2D eigenvalue weighted by atomic mass is 32.1. The van der Waals surface area contributed by atoms with Gasteiger partial charge in [-0.25, -0.2) is 0 Å². The van der Waals surface area contributed by atoms with Crippen LogP contribution in [0.3, 0.4) is 0 Å². The van der Waals surface area contributed by atoms with Gasteiger partial charge in [0.05, 0.1) is 16.7 Å². The largest absolute Gasteiger partial charge is 0.393 e. The van der Waals surface area contributed by atoms with Crippen LogP contribution < -0.4 is 11.1 Å². The maximum atomic E-state index is 12.0. The lowest BCUT2D eigenvalue weighted by molar-refractivity contribution is 0.0936. The zero-order valence-electron chi connectivity index (χ0n) is 10.4. The van der Waals surface area contributed by atoms with Gasteiger partial charge in [-0.05, 0) is 13.3 Å². The molecule has 0 bridgehead atoms. The van der Waals surface area contributed by atoms with Gasteiger partial charge in [0.25, 0.3) is 5.91 Å². The Morgan fingerprint density at radius 1 is 1.71 bits per heavy atom. The van der Waals surface area contributed by atoms with E-state index in [0.717, 1.165) is 12.1 Å². The maximum absolute atomic E-state index is 12.0. The number of hydrogen-bond acceptors (Lipinski definition) is 3. The summed E-state index contributed by atoms with van der Waals surface area (Å²) in [4.78, 5) is 12.4. The van der Waals surface area contributed by atoms with Crippen LogP contribution in [0, 0.1) is 6.92 Å². The van der Waals surface area contributed by atoms with Crippen molar-refractivity contribution in [3.05, 3.63) is 17.5 Å². The molecule has 5 nitrogen and oxygen atoms in total. The topological polar surface area (TPSA) is 72.9 Å². The Kier molecular flexibility index (Phi) is 4.62. The number of aromatic nitrogens is 2. The van der Waals surface area contributed by atoms with E-state index >= 15 is 0 Å². The number of rotatable bonds is 5. The van der Waals surface area contributed by atoms with Crippen molar-refractivity contribution in [2.75, 3.05) is 0 Å². The number of thiocarbonyl (C=S) groups is 1. The zero-order valence-corrected chi connectivity index (χ0v) is 11.2. The maximum Gasteiger partial charge on any atom is 0.254 e. The Bertz CT molecular complexity index is 427. The van der Waals surface area contributed by atoms with E-state index in [-0.39, 0.29) is 11.9 Å². The molecule has 1 unspecified atom stereocenters. The van der Waals surface area contributed by atoms with E-state index < -0.39 is 0 Å². The van der Waals surface area contributed by atoms with E-state index in [1.54, 1.807) is 17.9 Å². The number of nitrogens with two attached hydrogens (primary N) is 1. The number of amides is 1. The molecule has 17 heavy (non-hydrogen) atoms. The predicted molar refractivity (Wildman–Crippen MR) is 70.9 cm³/mol. The summed E-state index contributed by atoms with van der Waals surface area (Å²) >= 11 is 4.85. The van der Waals surface area contributed by atoms with Crippen LogP contribution in [-0.2, 0) is 7.05 Å². The molecule has 1 aromatic heterocycles. The lowest BCUT2D eigenvalue weighted by Gasteiger charge is -2.15. The average Bonchev–Trinajstić information content (AvgIpc) is 2.58. The molecule has 0 aliphatic rings. The molecule has 1 atom stereocenters. The van der Waals surface area contributed by atoms with Gasteiger partial charge in [-0.2, -0.15) is 5.10 Å². The van der Waals surface area contributed by atoms with Gasteiger partial charge in [0.2, 0.25) is 0 Å². The van der Waals surface area contributed by atoms with Gasteiger partial charge in [-0.3, -0.25) is 9.48 Å². The van der Waals surface area contributed by atoms with E-state index in [2.05, 4.69) is 10.4 Å². The van der Waals surface area contributed by atoms with Crippen LogP contribution in [0.25, 0.3) is 0 Å². The molecule has 1 heterocycles. The van der Waals surface area contributed by atoms with E-state index in [9.17, 15) is 4.79 Å². The second-order valence-electron chi connectivity index (χ2n) is 4.02. The zero-order chi connectivity index (χ0) is 13.0. The van der Waals surface area contributed by atoms with E-state index in [1.807, 2.05) is 13.8 Å². The summed E-state index contributed by atoms with van der Waals surface area (Å²) in [5, 5.41) is 6.95. The van der Waals surface area contributed by atoms with Crippen molar-refractivity contribution in [1.29, 1.82) is 0 Å². The molecule has 0 saturated heterocycles. The van der Waals surface area contributed by atoms with Gasteiger partial charge in [0.1, 0.15) is 0 Å². The summed E-state index contributed by atoms with van der Waals surface area (Å²) in [6.07, 6.45) is 2.89. The summed E-state index contributed by atoms with van der Waals surface area (Å²) in [5.74, 6) is -0.126. The van der Waals surface area contributed by atoms with Crippen LogP contribution in [0.1, 0.15) is 35.8 Å². The summed E-state index contributed by atoms with van der Waals surface area (Å²) in [7, 11) is 1.80. The van der Waals surface area contributed by atoms with Crippen molar-refractivity contribution >= 4 is 23.1 Å². The SMILES string of the molecule is CCC(CC(N)=S)NC(=O)c1cnn(C)c1C. The molecule has 1 rings (SSSR count). The number of carbonyl (C=O) groups is 1. The molecule has 3 N–H and O–H groups in total. The first-order valence-corrected chi connectivity index (χ1v) is 5.94. The van der Waals surface area contributed by atoms with Gasteiger partial charge in [-0.1, -0.05) is 19.1 Å². The van der Waals surface area contributed by atoms with Crippen molar-refractivity contribution in [1.82, 2.24) is 15.1 Å². The molecule has 94 valence electrons. The molecule has 0 aromatic carbocycles. The number of hydrogen-bond donors (Lipinski definition) is 2. The number of nitrogens with zero attached hydrogens (tertiary/aromatic N) is 2. The lowest BCUT2D eigenvalue weighted by atomic mass is 10.1. The highest BCUT2D eigenvalue weighted by molar-refractivity contribution is 7.80. The number of carbonyl (C=O) groups excluding carboxylic acids is 1. The average molecular weight is 254 g/mol. The highest BCUT2D eigenvalue weighted by Crippen LogP contribution is 2.07. The third kappa shape index (κ3) is 3.52. The van der Waals surface area contributed by atoms with Crippen LogP contribution in [0.5, 0.6) is 0 Å². The summed E-state index contributed by atoms with van der Waals surface area (Å²) in [5.41, 5.74) is 6.91.